The van der Waals surface area contributed by atoms with Crippen LogP contribution >= 0.6 is 23.2 Å². The van der Waals surface area contributed by atoms with Crippen molar-refractivity contribution >= 4 is 28.9 Å². The average Bonchev–Trinajstić information content (AvgIpc) is 2.45. The van der Waals surface area contributed by atoms with E-state index in [0.717, 1.165) is 16.3 Å². The van der Waals surface area contributed by atoms with E-state index >= 15 is 0 Å². The van der Waals surface area contributed by atoms with E-state index in [-0.39, 0.29) is 6.04 Å². The summed E-state index contributed by atoms with van der Waals surface area (Å²) in [7, 11) is 2.05. The van der Waals surface area contributed by atoms with E-state index in [2.05, 4.69) is 29.9 Å². The summed E-state index contributed by atoms with van der Waals surface area (Å²) < 4.78 is 0. The first-order valence-corrected chi connectivity index (χ1v) is 7.02. The van der Waals surface area contributed by atoms with Crippen molar-refractivity contribution in [3.63, 3.8) is 0 Å². The number of aromatic nitrogens is 1. The van der Waals surface area contributed by atoms with E-state index in [9.17, 15) is 0 Å². The highest BCUT2D eigenvalue weighted by Gasteiger charge is 2.15. The Morgan fingerprint density at radius 2 is 2.11 bits per heavy atom. The summed E-state index contributed by atoms with van der Waals surface area (Å²) in [5.41, 5.74) is 3.30. The van der Waals surface area contributed by atoms with Crippen LogP contribution in [0, 0.1) is 0 Å². The molecule has 4 heteroatoms. The Morgan fingerprint density at radius 1 is 1.32 bits per heavy atom. The molecule has 1 aromatic carbocycles. The highest BCUT2D eigenvalue weighted by molar-refractivity contribution is 6.30. The number of benzene rings is 1. The van der Waals surface area contributed by atoms with Gasteiger partial charge in [0.1, 0.15) is 0 Å². The zero-order valence-corrected chi connectivity index (χ0v) is 12.5. The van der Waals surface area contributed by atoms with E-state index < -0.39 is 0 Å². The van der Waals surface area contributed by atoms with Gasteiger partial charge in [-0.05, 0) is 30.7 Å². The molecule has 0 bridgehead atoms. The maximum atomic E-state index is 6.05. The van der Waals surface area contributed by atoms with Crippen LogP contribution in [0.25, 0.3) is 0 Å². The number of pyridine rings is 1. The molecular weight excluding hydrogens is 279 g/mol. The molecule has 0 N–H and O–H groups in total. The summed E-state index contributed by atoms with van der Waals surface area (Å²) in [6.45, 7) is 2.14. The molecule has 1 unspecified atom stereocenters. The van der Waals surface area contributed by atoms with E-state index in [0.29, 0.717) is 5.88 Å². The van der Waals surface area contributed by atoms with Gasteiger partial charge in [0.2, 0.25) is 0 Å². The monoisotopic (exact) mass is 294 g/mol. The topological polar surface area (TPSA) is 16.1 Å². The van der Waals surface area contributed by atoms with E-state index in [1.165, 1.54) is 5.56 Å². The second-order valence-electron chi connectivity index (χ2n) is 4.48. The molecule has 19 heavy (non-hydrogen) atoms. The Morgan fingerprint density at radius 3 is 2.79 bits per heavy atom. The summed E-state index contributed by atoms with van der Waals surface area (Å²) >= 11 is 12.0. The number of nitrogens with zero attached hydrogens (tertiary/aromatic N) is 2. The lowest BCUT2D eigenvalue weighted by Gasteiger charge is -2.29. The van der Waals surface area contributed by atoms with Crippen molar-refractivity contribution in [1.82, 2.24) is 4.98 Å². The van der Waals surface area contributed by atoms with Crippen molar-refractivity contribution in [3.05, 3.63) is 58.9 Å². The van der Waals surface area contributed by atoms with Crippen molar-refractivity contribution in [3.8, 4) is 0 Å². The predicted octanol–water partition coefficient (Wildman–Crippen LogP) is 4.67. The number of halogens is 2. The molecule has 2 rings (SSSR count). The van der Waals surface area contributed by atoms with Crippen molar-refractivity contribution in [1.29, 1.82) is 0 Å². The van der Waals surface area contributed by atoms with Gasteiger partial charge in [-0.15, -0.1) is 11.6 Å². The van der Waals surface area contributed by atoms with Crippen molar-refractivity contribution < 1.29 is 0 Å². The van der Waals surface area contributed by atoms with E-state index in [4.69, 9.17) is 23.2 Å². The molecule has 100 valence electrons. The molecule has 0 amide bonds. The van der Waals surface area contributed by atoms with Crippen molar-refractivity contribution in [2.24, 2.45) is 0 Å². The lowest BCUT2D eigenvalue weighted by molar-refractivity contribution is 0.736. The van der Waals surface area contributed by atoms with Gasteiger partial charge >= 0.3 is 0 Å². The van der Waals surface area contributed by atoms with Gasteiger partial charge in [-0.3, -0.25) is 4.98 Å². The second kappa shape index (κ2) is 6.27. The zero-order chi connectivity index (χ0) is 13.8. The van der Waals surface area contributed by atoms with Gasteiger partial charge in [-0.25, -0.2) is 0 Å². The van der Waals surface area contributed by atoms with Crippen LogP contribution in [0.1, 0.15) is 24.1 Å². The molecule has 2 aromatic rings. The first-order chi connectivity index (χ1) is 9.13. The van der Waals surface area contributed by atoms with Gasteiger partial charge in [-0.1, -0.05) is 23.7 Å². The third-order valence-electron chi connectivity index (χ3n) is 3.31. The Kier molecular flexibility index (Phi) is 4.67. The minimum Gasteiger partial charge on any atom is -0.367 e. The normalized spacial score (nSPS) is 12.2. The lowest BCUT2D eigenvalue weighted by Crippen LogP contribution is -2.22. The molecule has 0 radical (unpaired) electrons. The number of rotatable bonds is 4. The number of anilines is 1. The maximum Gasteiger partial charge on any atom is 0.0511 e. The predicted molar refractivity (Wildman–Crippen MR) is 82.1 cm³/mol. The molecule has 0 aliphatic carbocycles. The van der Waals surface area contributed by atoms with Gasteiger partial charge in [0.25, 0.3) is 0 Å². The Hall–Kier alpha value is -1.25. The molecule has 1 aromatic heterocycles. The molecule has 0 saturated carbocycles. The molecule has 0 aliphatic rings. The van der Waals surface area contributed by atoms with E-state index in [1.54, 1.807) is 6.20 Å². The van der Waals surface area contributed by atoms with Gasteiger partial charge in [-0.2, -0.15) is 0 Å². The highest BCUT2D eigenvalue weighted by Crippen LogP contribution is 2.29. The summed E-state index contributed by atoms with van der Waals surface area (Å²) in [6, 6.07) is 10.1. The summed E-state index contributed by atoms with van der Waals surface area (Å²) in [5, 5.41) is 0.755. The zero-order valence-electron chi connectivity index (χ0n) is 11.0. The SMILES string of the molecule is CC(c1cccc(Cl)c1)N(C)c1ccncc1CCl. The van der Waals surface area contributed by atoms with Gasteiger partial charge in [0.05, 0.1) is 11.9 Å². The fourth-order valence-electron chi connectivity index (χ4n) is 2.07. The highest BCUT2D eigenvalue weighted by atomic mass is 35.5. The molecule has 0 saturated heterocycles. The number of hydrogen-bond donors (Lipinski definition) is 0. The van der Waals surface area contributed by atoms with Gasteiger partial charge in [0.15, 0.2) is 0 Å². The Bertz CT molecular complexity index is 557. The molecule has 1 heterocycles. The standard InChI is InChI=1S/C15H16Cl2N2/c1-11(12-4-3-5-14(17)8-12)19(2)15-6-7-18-10-13(15)9-16/h3-8,10-11H,9H2,1-2H3. The fourth-order valence-corrected chi connectivity index (χ4v) is 2.47. The smallest absolute Gasteiger partial charge is 0.0511 e. The van der Waals surface area contributed by atoms with Crippen molar-refractivity contribution in [2.75, 3.05) is 11.9 Å². The van der Waals surface area contributed by atoms with Crippen molar-refractivity contribution in [2.45, 2.75) is 18.8 Å². The molecule has 0 spiro atoms. The van der Waals surface area contributed by atoms with Crippen LogP contribution in [0.2, 0.25) is 5.02 Å². The number of alkyl halides is 1. The largest absolute Gasteiger partial charge is 0.367 e. The number of hydrogen-bond acceptors (Lipinski definition) is 2. The quantitative estimate of drug-likeness (QED) is 0.762. The van der Waals surface area contributed by atoms with Crippen LogP contribution in [-0.2, 0) is 5.88 Å². The molecule has 1 atom stereocenters. The van der Waals surface area contributed by atoms with Crippen LogP contribution in [0.5, 0.6) is 0 Å². The van der Waals surface area contributed by atoms with Gasteiger partial charge < -0.3 is 4.90 Å². The minimum absolute atomic E-state index is 0.211. The summed E-state index contributed by atoms with van der Waals surface area (Å²) in [5.74, 6) is 0.454. The lowest BCUT2D eigenvalue weighted by atomic mass is 10.1. The fraction of sp³-hybridized carbons (Fsp3) is 0.267. The Balaban J connectivity index is 2.30. The molecule has 0 aliphatic heterocycles. The third-order valence-corrected chi connectivity index (χ3v) is 3.84. The molecular formula is C15H16Cl2N2. The van der Waals surface area contributed by atoms with E-state index in [1.807, 2.05) is 30.5 Å². The Labute approximate surface area is 124 Å². The van der Waals surface area contributed by atoms with Crippen LogP contribution in [0.4, 0.5) is 5.69 Å². The molecule has 2 nitrogen and oxygen atoms in total. The summed E-state index contributed by atoms with van der Waals surface area (Å²) in [6.07, 6.45) is 3.59. The van der Waals surface area contributed by atoms with Crippen LogP contribution < -0.4 is 4.90 Å². The van der Waals surface area contributed by atoms with Crippen LogP contribution in [-0.4, -0.2) is 12.0 Å². The average molecular weight is 295 g/mol. The third kappa shape index (κ3) is 3.20. The maximum absolute atomic E-state index is 6.05. The minimum atomic E-state index is 0.211. The molecule has 0 fully saturated rings. The first-order valence-electron chi connectivity index (χ1n) is 6.10. The van der Waals surface area contributed by atoms with Crippen LogP contribution in [0.15, 0.2) is 42.7 Å². The van der Waals surface area contributed by atoms with Crippen LogP contribution in [0.3, 0.4) is 0 Å². The second-order valence-corrected chi connectivity index (χ2v) is 5.18. The summed E-state index contributed by atoms with van der Waals surface area (Å²) in [4.78, 5) is 6.30. The first kappa shape index (κ1) is 14.2. The van der Waals surface area contributed by atoms with Gasteiger partial charge in [0, 0.05) is 35.7 Å².